The maximum atomic E-state index is 4.62. The van der Waals surface area contributed by atoms with E-state index in [2.05, 4.69) is 43.3 Å². The molecule has 0 N–H and O–H groups in total. The Balaban J connectivity index is 2.10. The molecule has 2 aromatic rings. The van der Waals surface area contributed by atoms with Gasteiger partial charge in [0.25, 0.3) is 0 Å². The highest BCUT2D eigenvalue weighted by molar-refractivity contribution is 9.09. The number of imidazole rings is 1. The maximum absolute atomic E-state index is 4.62. The van der Waals surface area contributed by atoms with Gasteiger partial charge < -0.3 is 4.40 Å². The molecular weight excluding hydrogens is 278 g/mol. The molecule has 0 atom stereocenters. The minimum absolute atomic E-state index is 0.932. The van der Waals surface area contributed by atoms with Gasteiger partial charge in [0.05, 0.1) is 5.69 Å². The molecule has 0 spiro atoms. The summed E-state index contributed by atoms with van der Waals surface area (Å²) < 4.78 is 2.08. The first-order valence-electron chi connectivity index (χ1n) is 6.04. The molecule has 3 nitrogen and oxygen atoms in total. The molecule has 0 radical (unpaired) electrons. The van der Waals surface area contributed by atoms with Crippen molar-refractivity contribution in [2.45, 2.75) is 19.9 Å². The zero-order valence-corrected chi connectivity index (χ0v) is 11.7. The normalized spacial score (nSPS) is 11.5. The fourth-order valence-electron chi connectivity index (χ4n) is 2.00. The van der Waals surface area contributed by atoms with E-state index >= 15 is 0 Å². The molecular formula is C13H18BrN3. The number of alkyl halides is 1. The first kappa shape index (κ1) is 12.6. The van der Waals surface area contributed by atoms with E-state index < -0.39 is 0 Å². The van der Waals surface area contributed by atoms with E-state index in [9.17, 15) is 0 Å². The molecule has 17 heavy (non-hydrogen) atoms. The van der Waals surface area contributed by atoms with Gasteiger partial charge in [-0.2, -0.15) is 0 Å². The molecule has 0 saturated carbocycles. The van der Waals surface area contributed by atoms with Crippen LogP contribution in [0.15, 0.2) is 30.6 Å². The predicted octanol–water partition coefficient (Wildman–Crippen LogP) is 2.94. The summed E-state index contributed by atoms with van der Waals surface area (Å²) in [6.45, 7) is 5.34. The highest BCUT2D eigenvalue weighted by atomic mass is 79.9. The van der Waals surface area contributed by atoms with Crippen molar-refractivity contribution in [2.24, 2.45) is 0 Å². The summed E-state index contributed by atoms with van der Waals surface area (Å²) >= 11 is 3.50. The quantitative estimate of drug-likeness (QED) is 0.764. The lowest BCUT2D eigenvalue weighted by atomic mass is 10.3. The summed E-state index contributed by atoms with van der Waals surface area (Å²) in [5.41, 5.74) is 2.17. The minimum Gasteiger partial charge on any atom is -0.307 e. The Kier molecular flexibility index (Phi) is 4.57. The lowest BCUT2D eigenvalue weighted by Gasteiger charge is -2.18. The molecule has 0 aliphatic carbocycles. The summed E-state index contributed by atoms with van der Waals surface area (Å²) in [7, 11) is 0. The van der Waals surface area contributed by atoms with Crippen LogP contribution >= 0.6 is 15.9 Å². The molecule has 2 rings (SSSR count). The number of halogens is 1. The van der Waals surface area contributed by atoms with Crippen molar-refractivity contribution in [1.82, 2.24) is 14.3 Å². The zero-order chi connectivity index (χ0) is 12.1. The van der Waals surface area contributed by atoms with Crippen LogP contribution in [-0.4, -0.2) is 32.7 Å². The van der Waals surface area contributed by atoms with Gasteiger partial charge in [-0.05, 0) is 25.1 Å². The van der Waals surface area contributed by atoms with Gasteiger partial charge >= 0.3 is 0 Å². The number of rotatable bonds is 6. The molecule has 0 saturated heterocycles. The Bertz CT molecular complexity index is 427. The Morgan fingerprint density at radius 3 is 2.94 bits per heavy atom. The third-order valence-corrected chi connectivity index (χ3v) is 3.09. The van der Waals surface area contributed by atoms with E-state index in [1.807, 2.05) is 24.4 Å². The molecule has 2 aromatic heterocycles. The van der Waals surface area contributed by atoms with Crippen LogP contribution in [0.4, 0.5) is 0 Å². The van der Waals surface area contributed by atoms with Crippen molar-refractivity contribution < 1.29 is 0 Å². The van der Waals surface area contributed by atoms with Crippen LogP contribution in [-0.2, 0) is 6.54 Å². The van der Waals surface area contributed by atoms with Crippen LogP contribution in [0.2, 0.25) is 0 Å². The molecule has 0 amide bonds. The van der Waals surface area contributed by atoms with Crippen molar-refractivity contribution in [3.05, 3.63) is 36.3 Å². The fraction of sp³-hybridized carbons (Fsp3) is 0.462. The summed E-state index contributed by atoms with van der Waals surface area (Å²) in [6.07, 6.45) is 5.34. The topological polar surface area (TPSA) is 20.5 Å². The summed E-state index contributed by atoms with van der Waals surface area (Å²) in [5.74, 6) is 0. The van der Waals surface area contributed by atoms with Crippen LogP contribution < -0.4 is 0 Å². The molecule has 0 aliphatic rings. The number of fused-ring (bicyclic) bond motifs is 1. The highest BCUT2D eigenvalue weighted by Gasteiger charge is 2.07. The third kappa shape index (κ3) is 3.30. The SMILES string of the molecule is CCCN(CCBr)Cc1cn2ccccc2n1. The second-order valence-corrected chi connectivity index (χ2v) is 4.96. The van der Waals surface area contributed by atoms with Gasteiger partial charge in [-0.25, -0.2) is 4.98 Å². The standard InChI is InChI=1S/C13H18BrN3/c1-2-7-16(9-6-14)10-12-11-17-8-4-3-5-13(17)15-12/h3-5,8,11H,2,6-7,9-10H2,1H3. The fourth-order valence-corrected chi connectivity index (χ4v) is 2.50. The van der Waals surface area contributed by atoms with Crippen molar-refractivity contribution >= 4 is 21.6 Å². The van der Waals surface area contributed by atoms with E-state index in [4.69, 9.17) is 0 Å². The van der Waals surface area contributed by atoms with Gasteiger partial charge in [-0.15, -0.1) is 0 Å². The smallest absolute Gasteiger partial charge is 0.137 e. The van der Waals surface area contributed by atoms with Gasteiger partial charge in [0.15, 0.2) is 0 Å². The largest absolute Gasteiger partial charge is 0.307 e. The van der Waals surface area contributed by atoms with E-state index in [1.165, 1.54) is 6.42 Å². The highest BCUT2D eigenvalue weighted by Crippen LogP contribution is 2.08. The Morgan fingerprint density at radius 2 is 2.24 bits per heavy atom. The van der Waals surface area contributed by atoms with Crippen LogP contribution in [0.1, 0.15) is 19.0 Å². The average Bonchev–Trinajstić information content (AvgIpc) is 2.71. The van der Waals surface area contributed by atoms with Crippen LogP contribution in [0, 0.1) is 0 Å². The Labute approximate surface area is 111 Å². The van der Waals surface area contributed by atoms with Gasteiger partial charge in [0, 0.05) is 30.8 Å². The first-order valence-corrected chi connectivity index (χ1v) is 7.16. The average molecular weight is 296 g/mol. The van der Waals surface area contributed by atoms with E-state index in [-0.39, 0.29) is 0 Å². The molecule has 0 bridgehead atoms. The first-order chi connectivity index (χ1) is 8.33. The van der Waals surface area contributed by atoms with Crippen molar-refractivity contribution in [2.75, 3.05) is 18.4 Å². The number of pyridine rings is 1. The monoisotopic (exact) mass is 295 g/mol. The van der Waals surface area contributed by atoms with Gasteiger partial charge in [0.1, 0.15) is 5.65 Å². The Morgan fingerprint density at radius 1 is 1.35 bits per heavy atom. The second kappa shape index (κ2) is 6.17. The number of hydrogen-bond donors (Lipinski definition) is 0. The summed E-state index contributed by atoms with van der Waals surface area (Å²) in [4.78, 5) is 7.05. The van der Waals surface area contributed by atoms with Crippen LogP contribution in [0.5, 0.6) is 0 Å². The number of hydrogen-bond acceptors (Lipinski definition) is 2. The van der Waals surface area contributed by atoms with Gasteiger partial charge in [-0.1, -0.05) is 28.9 Å². The van der Waals surface area contributed by atoms with Gasteiger partial charge in [-0.3, -0.25) is 4.90 Å². The third-order valence-electron chi connectivity index (χ3n) is 2.74. The molecule has 92 valence electrons. The minimum atomic E-state index is 0.932. The number of nitrogens with zero attached hydrogens (tertiary/aromatic N) is 3. The molecule has 4 heteroatoms. The summed E-state index contributed by atoms with van der Waals surface area (Å²) in [5, 5.41) is 1.01. The van der Waals surface area contributed by atoms with Crippen molar-refractivity contribution in [3.8, 4) is 0 Å². The van der Waals surface area contributed by atoms with Crippen molar-refractivity contribution in [1.29, 1.82) is 0 Å². The second-order valence-electron chi connectivity index (χ2n) is 4.16. The van der Waals surface area contributed by atoms with Crippen LogP contribution in [0.25, 0.3) is 5.65 Å². The molecule has 0 unspecified atom stereocenters. The summed E-state index contributed by atoms with van der Waals surface area (Å²) in [6, 6.07) is 6.09. The lowest BCUT2D eigenvalue weighted by molar-refractivity contribution is 0.281. The van der Waals surface area contributed by atoms with Gasteiger partial charge in [0.2, 0.25) is 0 Å². The molecule has 0 fully saturated rings. The maximum Gasteiger partial charge on any atom is 0.137 e. The van der Waals surface area contributed by atoms with Crippen LogP contribution in [0.3, 0.4) is 0 Å². The molecule has 0 aliphatic heterocycles. The van der Waals surface area contributed by atoms with Crippen molar-refractivity contribution in [3.63, 3.8) is 0 Å². The van der Waals surface area contributed by atoms with E-state index in [0.717, 1.165) is 36.3 Å². The lowest BCUT2D eigenvalue weighted by Crippen LogP contribution is -2.26. The Hall–Kier alpha value is -0.870. The molecule has 2 heterocycles. The van der Waals surface area contributed by atoms with E-state index in [0.29, 0.717) is 0 Å². The number of aromatic nitrogens is 2. The molecule has 0 aromatic carbocycles. The zero-order valence-electron chi connectivity index (χ0n) is 10.1. The van der Waals surface area contributed by atoms with E-state index in [1.54, 1.807) is 0 Å². The predicted molar refractivity (Wildman–Crippen MR) is 74.6 cm³/mol.